The predicted octanol–water partition coefficient (Wildman–Crippen LogP) is 0.700. The minimum atomic E-state index is -0.493. The van der Waals surface area contributed by atoms with Gasteiger partial charge in [-0.15, -0.1) is 0 Å². The number of aliphatic hydroxyl groups is 1. The Bertz CT molecular complexity index is 313. The molecule has 0 aromatic heterocycles. The average molecular weight is 223 g/mol. The first kappa shape index (κ1) is 12.7. The van der Waals surface area contributed by atoms with Gasteiger partial charge in [0.25, 0.3) is 0 Å². The molecular weight excluding hydrogens is 206 g/mol. The van der Waals surface area contributed by atoms with Crippen molar-refractivity contribution >= 4 is 5.97 Å². The van der Waals surface area contributed by atoms with Crippen molar-refractivity contribution in [3.05, 3.63) is 35.9 Å². The molecule has 4 nitrogen and oxygen atoms in total. The van der Waals surface area contributed by atoms with Crippen molar-refractivity contribution in [3.8, 4) is 0 Å². The molecule has 0 fully saturated rings. The number of benzene rings is 1. The first-order valence-corrected chi connectivity index (χ1v) is 5.32. The van der Waals surface area contributed by atoms with Crippen LogP contribution in [0.2, 0.25) is 0 Å². The SMILES string of the molecule is CCOC(=O)C(Cc1ccccc1)NCO. The summed E-state index contributed by atoms with van der Waals surface area (Å²) in [5.41, 5.74) is 1.03. The summed E-state index contributed by atoms with van der Waals surface area (Å²) in [6.07, 6.45) is 0.514. The van der Waals surface area contributed by atoms with Crippen molar-refractivity contribution < 1.29 is 14.6 Å². The smallest absolute Gasteiger partial charge is 0.323 e. The van der Waals surface area contributed by atoms with Crippen molar-refractivity contribution in [1.29, 1.82) is 0 Å². The number of esters is 1. The fourth-order valence-electron chi connectivity index (χ4n) is 1.44. The predicted molar refractivity (Wildman–Crippen MR) is 60.8 cm³/mol. The van der Waals surface area contributed by atoms with Crippen LogP contribution in [0.25, 0.3) is 0 Å². The molecule has 0 aliphatic rings. The Hall–Kier alpha value is -1.39. The van der Waals surface area contributed by atoms with Crippen LogP contribution in [0.3, 0.4) is 0 Å². The fraction of sp³-hybridized carbons (Fsp3) is 0.417. The molecule has 88 valence electrons. The summed E-state index contributed by atoms with van der Waals surface area (Å²) in [7, 11) is 0. The molecule has 1 rings (SSSR count). The van der Waals surface area contributed by atoms with Gasteiger partial charge in [0.1, 0.15) is 6.04 Å². The minimum absolute atomic E-state index is 0.240. The second-order valence-electron chi connectivity index (χ2n) is 3.36. The van der Waals surface area contributed by atoms with Gasteiger partial charge in [-0.3, -0.25) is 10.1 Å². The van der Waals surface area contributed by atoms with E-state index in [-0.39, 0.29) is 12.7 Å². The van der Waals surface area contributed by atoms with E-state index in [1.165, 1.54) is 0 Å². The van der Waals surface area contributed by atoms with Gasteiger partial charge in [-0.1, -0.05) is 30.3 Å². The zero-order valence-electron chi connectivity index (χ0n) is 9.35. The van der Waals surface area contributed by atoms with E-state index in [0.29, 0.717) is 13.0 Å². The molecule has 1 aromatic rings. The van der Waals surface area contributed by atoms with Crippen LogP contribution in [0.5, 0.6) is 0 Å². The molecule has 4 heteroatoms. The monoisotopic (exact) mass is 223 g/mol. The highest BCUT2D eigenvalue weighted by molar-refractivity contribution is 5.76. The lowest BCUT2D eigenvalue weighted by atomic mass is 10.1. The number of ether oxygens (including phenoxy) is 1. The summed E-state index contributed by atoms with van der Waals surface area (Å²) in [6, 6.07) is 9.12. The maximum atomic E-state index is 11.5. The zero-order chi connectivity index (χ0) is 11.8. The summed E-state index contributed by atoms with van der Waals surface area (Å²) < 4.78 is 4.92. The summed E-state index contributed by atoms with van der Waals surface area (Å²) >= 11 is 0. The Kier molecular flexibility index (Phi) is 5.53. The van der Waals surface area contributed by atoms with Crippen molar-refractivity contribution in [2.24, 2.45) is 0 Å². The van der Waals surface area contributed by atoms with Gasteiger partial charge in [0.05, 0.1) is 13.3 Å². The van der Waals surface area contributed by atoms with Crippen molar-refractivity contribution in [2.45, 2.75) is 19.4 Å². The third-order valence-electron chi connectivity index (χ3n) is 2.19. The van der Waals surface area contributed by atoms with Crippen LogP contribution in [0.15, 0.2) is 30.3 Å². The molecule has 1 aromatic carbocycles. The molecule has 0 radical (unpaired) electrons. The minimum Gasteiger partial charge on any atom is -0.465 e. The van der Waals surface area contributed by atoms with Crippen LogP contribution in [-0.4, -0.2) is 30.5 Å². The lowest BCUT2D eigenvalue weighted by Crippen LogP contribution is -2.40. The Morgan fingerprint density at radius 1 is 1.44 bits per heavy atom. The maximum absolute atomic E-state index is 11.5. The first-order valence-electron chi connectivity index (χ1n) is 5.32. The number of hydrogen-bond donors (Lipinski definition) is 2. The number of rotatable bonds is 6. The quantitative estimate of drug-likeness (QED) is 0.550. The van der Waals surface area contributed by atoms with Crippen LogP contribution in [-0.2, 0) is 16.0 Å². The van der Waals surface area contributed by atoms with Gasteiger partial charge in [0, 0.05) is 0 Å². The molecule has 1 unspecified atom stereocenters. The van der Waals surface area contributed by atoms with Crippen LogP contribution in [0.4, 0.5) is 0 Å². The number of carbonyl (C=O) groups excluding carboxylic acids is 1. The van der Waals surface area contributed by atoms with Gasteiger partial charge in [-0.25, -0.2) is 0 Å². The molecular formula is C12H17NO3. The zero-order valence-corrected chi connectivity index (χ0v) is 9.35. The van der Waals surface area contributed by atoms with E-state index in [1.807, 2.05) is 30.3 Å². The normalized spacial score (nSPS) is 12.1. The molecule has 0 amide bonds. The third kappa shape index (κ3) is 4.00. The number of aliphatic hydroxyl groups excluding tert-OH is 1. The van der Waals surface area contributed by atoms with E-state index >= 15 is 0 Å². The largest absolute Gasteiger partial charge is 0.465 e. The second-order valence-corrected chi connectivity index (χ2v) is 3.36. The lowest BCUT2D eigenvalue weighted by molar-refractivity contribution is -0.146. The molecule has 0 bridgehead atoms. The van der Waals surface area contributed by atoms with Crippen molar-refractivity contribution in [3.63, 3.8) is 0 Å². The van der Waals surface area contributed by atoms with E-state index < -0.39 is 6.04 Å². The number of carbonyl (C=O) groups is 1. The topological polar surface area (TPSA) is 58.6 Å². The Morgan fingerprint density at radius 2 is 2.12 bits per heavy atom. The molecule has 0 spiro atoms. The molecule has 0 heterocycles. The van der Waals surface area contributed by atoms with Crippen LogP contribution < -0.4 is 5.32 Å². The van der Waals surface area contributed by atoms with E-state index in [4.69, 9.17) is 9.84 Å². The number of nitrogens with one attached hydrogen (secondary N) is 1. The fourth-order valence-corrected chi connectivity index (χ4v) is 1.44. The standard InChI is InChI=1S/C12H17NO3/c1-2-16-12(15)11(13-9-14)8-10-6-4-3-5-7-10/h3-7,11,13-14H,2,8-9H2,1H3. The number of hydrogen-bond acceptors (Lipinski definition) is 4. The Labute approximate surface area is 95.2 Å². The molecule has 1 atom stereocenters. The van der Waals surface area contributed by atoms with Gasteiger partial charge in [0.15, 0.2) is 0 Å². The van der Waals surface area contributed by atoms with Crippen molar-refractivity contribution in [2.75, 3.05) is 13.3 Å². The van der Waals surface area contributed by atoms with E-state index in [2.05, 4.69) is 5.32 Å². The molecule has 16 heavy (non-hydrogen) atoms. The van der Waals surface area contributed by atoms with Gasteiger partial charge < -0.3 is 9.84 Å². The average Bonchev–Trinajstić information content (AvgIpc) is 2.30. The van der Waals surface area contributed by atoms with Crippen molar-refractivity contribution in [1.82, 2.24) is 5.32 Å². The second kappa shape index (κ2) is 6.98. The summed E-state index contributed by atoms with van der Waals surface area (Å²) in [6.45, 7) is 1.87. The maximum Gasteiger partial charge on any atom is 0.323 e. The van der Waals surface area contributed by atoms with E-state index in [0.717, 1.165) is 5.56 Å². The summed E-state index contributed by atoms with van der Waals surface area (Å²) in [4.78, 5) is 11.5. The Balaban J connectivity index is 2.60. The summed E-state index contributed by atoms with van der Waals surface area (Å²) in [5.74, 6) is -0.333. The van der Waals surface area contributed by atoms with Gasteiger partial charge in [-0.05, 0) is 18.9 Å². The molecule has 0 saturated carbocycles. The first-order chi connectivity index (χ1) is 7.77. The molecule has 0 aliphatic carbocycles. The summed E-state index contributed by atoms with van der Waals surface area (Å²) in [5, 5.41) is 11.5. The lowest BCUT2D eigenvalue weighted by Gasteiger charge is -2.15. The van der Waals surface area contributed by atoms with Crippen LogP contribution in [0.1, 0.15) is 12.5 Å². The van der Waals surface area contributed by atoms with Crippen LogP contribution in [0, 0.1) is 0 Å². The Morgan fingerprint density at radius 3 is 2.69 bits per heavy atom. The highest BCUT2D eigenvalue weighted by atomic mass is 16.5. The van der Waals surface area contributed by atoms with E-state index in [1.54, 1.807) is 6.92 Å². The molecule has 2 N–H and O–H groups in total. The van der Waals surface area contributed by atoms with Gasteiger partial charge in [-0.2, -0.15) is 0 Å². The van der Waals surface area contributed by atoms with Gasteiger partial charge in [0.2, 0.25) is 0 Å². The molecule has 0 saturated heterocycles. The van der Waals surface area contributed by atoms with Gasteiger partial charge >= 0.3 is 5.97 Å². The highest BCUT2D eigenvalue weighted by Gasteiger charge is 2.18. The molecule has 0 aliphatic heterocycles. The third-order valence-corrected chi connectivity index (χ3v) is 2.19. The van der Waals surface area contributed by atoms with Crippen LogP contribution >= 0.6 is 0 Å². The van der Waals surface area contributed by atoms with E-state index in [9.17, 15) is 4.79 Å². The highest BCUT2D eigenvalue weighted by Crippen LogP contribution is 2.04.